The molecule has 28 heavy (non-hydrogen) atoms. The number of nitrogens with one attached hydrogen (secondary N) is 1. The third-order valence-electron chi connectivity index (χ3n) is 3.99. The maximum atomic E-state index is 12.9. The number of aryl methyl sites for hydroxylation is 1. The van der Waals surface area contributed by atoms with Crippen molar-refractivity contribution in [3.05, 3.63) is 71.0 Å². The van der Waals surface area contributed by atoms with Gasteiger partial charge in [0, 0.05) is 11.1 Å². The average molecular weight is 403 g/mol. The highest BCUT2D eigenvalue weighted by molar-refractivity contribution is 7.98. The topological polar surface area (TPSA) is 72.5 Å². The third kappa shape index (κ3) is 6.49. The molecule has 2 aromatic carbocycles. The number of ether oxygens (including phenoxy) is 1. The highest BCUT2D eigenvalue weighted by Gasteiger charge is 2.23. The Bertz CT molecular complexity index is 839. The first-order valence-corrected chi connectivity index (χ1v) is 10.1. The van der Waals surface area contributed by atoms with Crippen molar-refractivity contribution in [2.45, 2.75) is 19.4 Å². The van der Waals surface area contributed by atoms with Gasteiger partial charge in [-0.05, 0) is 61.8 Å². The number of hydrogen-bond acceptors (Lipinski definition) is 5. The fraction of sp³-hybridized carbons (Fsp3) is 0.286. The van der Waals surface area contributed by atoms with Gasteiger partial charge in [-0.25, -0.2) is 9.18 Å². The molecule has 0 fully saturated rings. The number of amides is 1. The minimum atomic E-state index is -0.860. The van der Waals surface area contributed by atoms with Gasteiger partial charge in [-0.3, -0.25) is 9.59 Å². The summed E-state index contributed by atoms with van der Waals surface area (Å²) in [5, 5.41) is 2.68. The molecule has 1 atom stereocenters. The zero-order chi connectivity index (χ0) is 20.5. The van der Waals surface area contributed by atoms with Crippen molar-refractivity contribution in [3.8, 4) is 0 Å². The summed E-state index contributed by atoms with van der Waals surface area (Å²) < 4.78 is 18.0. The van der Waals surface area contributed by atoms with Crippen LogP contribution in [0.2, 0.25) is 0 Å². The highest BCUT2D eigenvalue weighted by atomic mass is 32.2. The molecule has 2 rings (SSSR count). The second kappa shape index (κ2) is 10.6. The van der Waals surface area contributed by atoms with Crippen molar-refractivity contribution >= 4 is 29.4 Å². The van der Waals surface area contributed by atoms with Crippen LogP contribution in [0.5, 0.6) is 0 Å². The second-order valence-corrected chi connectivity index (χ2v) is 7.20. The van der Waals surface area contributed by atoms with Crippen LogP contribution in [0.1, 0.15) is 32.7 Å². The number of hydrogen-bond donors (Lipinski definition) is 1. The molecule has 1 amide bonds. The summed E-state index contributed by atoms with van der Waals surface area (Å²) in [7, 11) is 0. The van der Waals surface area contributed by atoms with Gasteiger partial charge >= 0.3 is 5.97 Å². The maximum Gasteiger partial charge on any atom is 0.329 e. The van der Waals surface area contributed by atoms with Crippen LogP contribution in [0.15, 0.2) is 48.5 Å². The molecular formula is C21H22FNO4S. The van der Waals surface area contributed by atoms with Gasteiger partial charge in [0.25, 0.3) is 5.91 Å². The predicted octanol–water partition coefficient (Wildman–Crippen LogP) is 3.41. The van der Waals surface area contributed by atoms with Gasteiger partial charge in [0.1, 0.15) is 11.9 Å². The number of esters is 1. The Morgan fingerprint density at radius 2 is 1.82 bits per heavy atom. The Morgan fingerprint density at radius 3 is 2.46 bits per heavy atom. The molecule has 0 saturated carbocycles. The Balaban J connectivity index is 1.98. The summed E-state index contributed by atoms with van der Waals surface area (Å²) in [5.74, 6) is -1.31. The van der Waals surface area contributed by atoms with Crippen LogP contribution in [-0.2, 0) is 9.53 Å². The lowest BCUT2D eigenvalue weighted by molar-refractivity contribution is -0.144. The van der Waals surface area contributed by atoms with Crippen LogP contribution in [0.3, 0.4) is 0 Å². The van der Waals surface area contributed by atoms with Crippen LogP contribution in [-0.4, -0.2) is 42.3 Å². The Morgan fingerprint density at radius 1 is 1.11 bits per heavy atom. The van der Waals surface area contributed by atoms with E-state index >= 15 is 0 Å². The third-order valence-corrected chi connectivity index (χ3v) is 4.64. The van der Waals surface area contributed by atoms with Crippen molar-refractivity contribution in [2.24, 2.45) is 0 Å². The first-order valence-electron chi connectivity index (χ1n) is 8.72. The number of rotatable bonds is 9. The number of thioether (sulfide) groups is 1. The zero-order valence-electron chi connectivity index (χ0n) is 15.7. The van der Waals surface area contributed by atoms with Gasteiger partial charge in [0.2, 0.25) is 0 Å². The van der Waals surface area contributed by atoms with E-state index in [-0.39, 0.29) is 11.5 Å². The Kier molecular flexibility index (Phi) is 8.19. The van der Waals surface area contributed by atoms with E-state index in [4.69, 9.17) is 4.74 Å². The smallest absolute Gasteiger partial charge is 0.329 e. The van der Waals surface area contributed by atoms with Crippen molar-refractivity contribution in [2.75, 3.05) is 18.6 Å². The van der Waals surface area contributed by atoms with E-state index in [0.717, 1.165) is 5.56 Å². The number of Topliss-reactive ketones (excluding diaryl/α,β-unsaturated/α-hetero) is 1. The average Bonchev–Trinajstić information content (AvgIpc) is 2.69. The Labute approximate surface area is 167 Å². The van der Waals surface area contributed by atoms with Crippen LogP contribution in [0, 0.1) is 12.7 Å². The highest BCUT2D eigenvalue weighted by Crippen LogP contribution is 2.09. The lowest BCUT2D eigenvalue weighted by Gasteiger charge is -2.17. The molecule has 0 aliphatic rings. The largest absolute Gasteiger partial charge is 0.456 e. The van der Waals surface area contributed by atoms with Crippen molar-refractivity contribution in [1.29, 1.82) is 0 Å². The van der Waals surface area contributed by atoms with E-state index in [0.29, 0.717) is 17.7 Å². The SMILES string of the molecule is CSCC[C@H](NC(=O)c1cccc(C)c1)C(=O)OCC(=O)c1ccc(F)cc1. The van der Waals surface area contributed by atoms with Gasteiger partial charge < -0.3 is 10.1 Å². The van der Waals surface area contributed by atoms with Crippen molar-refractivity contribution < 1.29 is 23.5 Å². The monoisotopic (exact) mass is 403 g/mol. The zero-order valence-corrected chi connectivity index (χ0v) is 16.6. The molecule has 7 heteroatoms. The van der Waals surface area contributed by atoms with Gasteiger partial charge in [-0.15, -0.1) is 0 Å². The molecule has 0 aromatic heterocycles. The number of benzene rings is 2. The summed E-state index contributed by atoms with van der Waals surface area (Å²) in [4.78, 5) is 36.9. The Hall–Kier alpha value is -2.67. The minimum absolute atomic E-state index is 0.249. The minimum Gasteiger partial charge on any atom is -0.456 e. The van der Waals surface area contributed by atoms with Crippen LogP contribution in [0.4, 0.5) is 4.39 Å². The number of ketones is 1. The van der Waals surface area contributed by atoms with Crippen molar-refractivity contribution in [1.82, 2.24) is 5.32 Å². The van der Waals surface area contributed by atoms with E-state index in [2.05, 4.69) is 5.32 Å². The van der Waals surface area contributed by atoms with E-state index in [9.17, 15) is 18.8 Å². The first-order chi connectivity index (χ1) is 13.4. The summed E-state index contributed by atoms with van der Waals surface area (Å²) >= 11 is 1.53. The molecule has 0 aliphatic carbocycles. The standard InChI is InChI=1S/C21H22FNO4S/c1-14-4-3-5-16(12-14)20(25)23-18(10-11-28-2)21(26)27-13-19(24)15-6-8-17(22)9-7-15/h3-9,12,18H,10-11,13H2,1-2H3,(H,23,25)/t18-/m0/s1. The second-order valence-electron chi connectivity index (χ2n) is 6.21. The summed E-state index contributed by atoms with van der Waals surface area (Å²) in [6.45, 7) is 1.40. The summed E-state index contributed by atoms with van der Waals surface area (Å²) in [5.41, 5.74) is 1.63. The van der Waals surface area contributed by atoms with E-state index in [1.807, 2.05) is 19.2 Å². The predicted molar refractivity (Wildman–Crippen MR) is 107 cm³/mol. The van der Waals surface area contributed by atoms with Gasteiger partial charge in [-0.2, -0.15) is 11.8 Å². The summed E-state index contributed by atoms with van der Waals surface area (Å²) in [6.07, 6.45) is 2.27. The molecule has 5 nitrogen and oxygen atoms in total. The van der Waals surface area contributed by atoms with Crippen LogP contribution >= 0.6 is 11.8 Å². The molecule has 0 aliphatic heterocycles. The van der Waals surface area contributed by atoms with Crippen LogP contribution < -0.4 is 5.32 Å². The molecule has 0 saturated heterocycles. The number of carbonyl (C=O) groups excluding carboxylic acids is 3. The lowest BCUT2D eigenvalue weighted by atomic mass is 10.1. The number of carbonyl (C=O) groups is 3. The molecule has 1 N–H and O–H groups in total. The van der Waals surface area contributed by atoms with Crippen LogP contribution in [0.25, 0.3) is 0 Å². The normalized spacial score (nSPS) is 11.5. The maximum absolute atomic E-state index is 12.9. The fourth-order valence-corrected chi connectivity index (χ4v) is 2.94. The molecule has 0 heterocycles. The fourth-order valence-electron chi connectivity index (χ4n) is 2.47. The van der Waals surface area contributed by atoms with Crippen molar-refractivity contribution in [3.63, 3.8) is 0 Å². The quantitative estimate of drug-likeness (QED) is 0.513. The van der Waals surface area contributed by atoms with Gasteiger partial charge in [0.05, 0.1) is 0 Å². The molecular weight excluding hydrogens is 381 g/mol. The lowest BCUT2D eigenvalue weighted by Crippen LogP contribution is -2.42. The number of halogens is 1. The van der Waals surface area contributed by atoms with E-state index < -0.39 is 30.2 Å². The molecule has 2 aromatic rings. The molecule has 0 unspecified atom stereocenters. The molecule has 0 spiro atoms. The summed E-state index contributed by atoms with van der Waals surface area (Å²) in [6, 6.07) is 11.2. The molecule has 0 bridgehead atoms. The first kappa shape index (κ1) is 21.6. The van der Waals surface area contributed by atoms with E-state index in [1.165, 1.54) is 36.0 Å². The molecule has 0 radical (unpaired) electrons. The molecule has 148 valence electrons. The van der Waals surface area contributed by atoms with E-state index in [1.54, 1.807) is 18.2 Å². The van der Waals surface area contributed by atoms with Gasteiger partial charge in [-0.1, -0.05) is 17.7 Å². The van der Waals surface area contributed by atoms with Gasteiger partial charge in [0.15, 0.2) is 12.4 Å².